The lowest BCUT2D eigenvalue weighted by molar-refractivity contribution is -0.659. The quantitative estimate of drug-likeness (QED) is 0.244. The predicted molar refractivity (Wildman–Crippen MR) is 139 cm³/mol. The largest absolute Gasteiger partial charge is 0.306 e. The van der Waals surface area contributed by atoms with Crippen molar-refractivity contribution in [2.24, 2.45) is 7.05 Å². The van der Waals surface area contributed by atoms with Gasteiger partial charge in [0, 0.05) is 22.2 Å². The summed E-state index contributed by atoms with van der Waals surface area (Å²) in [6, 6.07) is 26.5. The van der Waals surface area contributed by atoms with Gasteiger partial charge in [0.1, 0.15) is 12.9 Å². The maximum absolute atomic E-state index is 15.3. The van der Waals surface area contributed by atoms with Gasteiger partial charge in [0.25, 0.3) is 0 Å². The van der Waals surface area contributed by atoms with E-state index in [-0.39, 0.29) is 5.82 Å². The Bertz CT molecular complexity index is 1760. The van der Waals surface area contributed by atoms with Crippen LogP contribution in [0.3, 0.4) is 0 Å². The summed E-state index contributed by atoms with van der Waals surface area (Å²) in [6.07, 6.45) is 2.11. The third-order valence-electron chi connectivity index (χ3n) is 7.11. The van der Waals surface area contributed by atoms with Crippen LogP contribution in [0.2, 0.25) is 0 Å². The Labute approximate surface area is 198 Å². The zero-order valence-corrected chi connectivity index (χ0v) is 19.9. The Morgan fingerprint density at radius 1 is 0.735 bits per heavy atom. The maximum Gasteiger partial charge on any atom is 0.220 e. The molecule has 34 heavy (non-hydrogen) atoms. The second-order valence-corrected chi connectivity index (χ2v) is 9.26. The topological polar surface area (TPSA) is 8.81 Å². The van der Waals surface area contributed by atoms with Crippen LogP contribution in [0.5, 0.6) is 0 Å². The lowest BCUT2D eigenvalue weighted by atomic mass is 9.94. The maximum atomic E-state index is 15.3. The van der Waals surface area contributed by atoms with Gasteiger partial charge in [0.2, 0.25) is 5.69 Å². The van der Waals surface area contributed by atoms with Crippen molar-refractivity contribution in [3.8, 4) is 16.9 Å². The van der Waals surface area contributed by atoms with E-state index in [9.17, 15) is 0 Å². The molecule has 166 valence electrons. The number of hydrogen-bond acceptors (Lipinski definition) is 0. The zero-order valence-electron chi connectivity index (χ0n) is 19.9. The van der Waals surface area contributed by atoms with Gasteiger partial charge in [0.15, 0.2) is 6.20 Å². The third-order valence-corrected chi connectivity index (χ3v) is 7.11. The number of benzene rings is 4. The van der Waals surface area contributed by atoms with Crippen molar-refractivity contribution in [1.29, 1.82) is 0 Å². The molecule has 0 bridgehead atoms. The molecule has 2 aromatic heterocycles. The molecular formula is C31H26FN2+. The van der Waals surface area contributed by atoms with Gasteiger partial charge in [-0.25, -0.2) is 8.96 Å². The van der Waals surface area contributed by atoms with Crippen molar-refractivity contribution in [2.75, 3.05) is 0 Å². The van der Waals surface area contributed by atoms with Crippen LogP contribution in [0, 0.1) is 26.6 Å². The SMILES string of the molecule is Cc1cc(C)c(C)c(-c2c3cccc(-n4c5ccccc5c5cccc(F)c54)c3cc[n+]2C)c1. The number of aromatic nitrogens is 2. The van der Waals surface area contributed by atoms with Gasteiger partial charge in [0.05, 0.1) is 27.7 Å². The number of nitrogens with zero attached hydrogens (tertiary/aromatic N) is 2. The Balaban J connectivity index is 1.76. The van der Waals surface area contributed by atoms with Crippen LogP contribution < -0.4 is 4.57 Å². The Kier molecular flexibility index (Phi) is 4.56. The molecule has 0 radical (unpaired) electrons. The first-order chi connectivity index (χ1) is 16.5. The standard InChI is InChI=1S/C31H26FN2/c1-19-17-20(2)21(3)26(18-19)30-24-11-8-14-29(23(24)15-16-33(30)4)34-28-13-6-5-9-22(28)25-10-7-12-27(32)31(25)34/h5-18H,1-4H3/q+1. The molecule has 2 nitrogen and oxygen atoms in total. The summed E-state index contributed by atoms with van der Waals surface area (Å²) in [4.78, 5) is 0. The number of rotatable bonds is 2. The molecule has 0 aliphatic rings. The molecule has 0 N–H and O–H groups in total. The molecule has 0 spiro atoms. The van der Waals surface area contributed by atoms with Gasteiger partial charge in [-0.05, 0) is 62.2 Å². The predicted octanol–water partition coefficient (Wildman–Crippen LogP) is 7.49. The van der Waals surface area contributed by atoms with Crippen molar-refractivity contribution in [1.82, 2.24) is 4.57 Å². The average Bonchev–Trinajstić information content (AvgIpc) is 3.17. The van der Waals surface area contributed by atoms with Crippen LogP contribution in [-0.4, -0.2) is 4.57 Å². The van der Waals surface area contributed by atoms with Crippen molar-refractivity contribution < 1.29 is 8.96 Å². The summed E-state index contributed by atoms with van der Waals surface area (Å²) in [5.41, 5.74) is 8.82. The Morgan fingerprint density at radius 2 is 1.47 bits per heavy atom. The fourth-order valence-corrected chi connectivity index (χ4v) is 5.43. The molecule has 0 amide bonds. The average molecular weight is 446 g/mol. The highest BCUT2D eigenvalue weighted by Crippen LogP contribution is 2.37. The van der Waals surface area contributed by atoms with Crippen LogP contribution in [0.25, 0.3) is 49.5 Å². The number of halogens is 1. The Hall–Kier alpha value is -3.98. The van der Waals surface area contributed by atoms with Crippen LogP contribution in [-0.2, 0) is 7.05 Å². The molecule has 0 saturated carbocycles. The summed E-state index contributed by atoms with van der Waals surface area (Å²) < 4.78 is 19.6. The van der Waals surface area contributed by atoms with Crippen LogP contribution in [0.1, 0.15) is 16.7 Å². The summed E-state index contributed by atoms with van der Waals surface area (Å²) in [5.74, 6) is -0.211. The monoisotopic (exact) mass is 445 g/mol. The van der Waals surface area contributed by atoms with Gasteiger partial charge in [-0.3, -0.25) is 0 Å². The number of hydrogen-bond donors (Lipinski definition) is 0. The first-order valence-electron chi connectivity index (χ1n) is 11.6. The number of pyridine rings is 1. The lowest BCUT2D eigenvalue weighted by Gasteiger charge is -2.15. The highest BCUT2D eigenvalue weighted by atomic mass is 19.1. The molecule has 4 aromatic carbocycles. The molecule has 3 heteroatoms. The van der Waals surface area contributed by atoms with Gasteiger partial charge >= 0.3 is 0 Å². The van der Waals surface area contributed by atoms with Gasteiger partial charge in [-0.2, -0.15) is 0 Å². The molecule has 0 unspecified atom stereocenters. The fraction of sp³-hybridized carbons (Fsp3) is 0.129. The Morgan fingerprint density at radius 3 is 2.32 bits per heavy atom. The van der Waals surface area contributed by atoms with Crippen molar-refractivity contribution >= 4 is 32.6 Å². The molecule has 0 aliphatic heterocycles. The van der Waals surface area contributed by atoms with Crippen molar-refractivity contribution in [3.63, 3.8) is 0 Å². The highest BCUT2D eigenvalue weighted by Gasteiger charge is 2.22. The van der Waals surface area contributed by atoms with E-state index in [1.165, 1.54) is 27.9 Å². The second-order valence-electron chi connectivity index (χ2n) is 9.26. The van der Waals surface area contributed by atoms with Gasteiger partial charge < -0.3 is 4.57 Å². The minimum Gasteiger partial charge on any atom is -0.306 e. The molecule has 0 atom stereocenters. The summed E-state index contributed by atoms with van der Waals surface area (Å²) in [5, 5.41) is 4.23. The summed E-state index contributed by atoms with van der Waals surface area (Å²) >= 11 is 0. The first kappa shape index (κ1) is 20.6. The van der Waals surface area contributed by atoms with E-state index in [0.717, 1.165) is 32.7 Å². The van der Waals surface area contributed by atoms with E-state index in [2.05, 4.69) is 91.7 Å². The minimum atomic E-state index is -0.211. The van der Waals surface area contributed by atoms with E-state index in [1.54, 1.807) is 12.1 Å². The molecule has 0 saturated heterocycles. The van der Waals surface area contributed by atoms with Gasteiger partial charge in [-0.1, -0.05) is 48.0 Å². The lowest BCUT2D eigenvalue weighted by Crippen LogP contribution is -2.31. The number of para-hydroxylation sites is 2. The second kappa shape index (κ2) is 7.53. The molecule has 2 heterocycles. The van der Waals surface area contributed by atoms with Crippen LogP contribution >= 0.6 is 0 Å². The number of fused-ring (bicyclic) bond motifs is 4. The minimum absolute atomic E-state index is 0.211. The van der Waals surface area contributed by atoms with E-state index < -0.39 is 0 Å². The van der Waals surface area contributed by atoms with Crippen LogP contribution in [0.4, 0.5) is 4.39 Å². The van der Waals surface area contributed by atoms with Crippen molar-refractivity contribution in [2.45, 2.75) is 20.8 Å². The third kappa shape index (κ3) is 2.90. The first-order valence-corrected chi connectivity index (χ1v) is 11.6. The smallest absolute Gasteiger partial charge is 0.220 e. The highest BCUT2D eigenvalue weighted by molar-refractivity contribution is 6.11. The van der Waals surface area contributed by atoms with Gasteiger partial charge in [-0.15, -0.1) is 0 Å². The van der Waals surface area contributed by atoms with Crippen molar-refractivity contribution in [3.05, 3.63) is 108 Å². The number of aryl methyl sites for hydroxylation is 3. The van der Waals surface area contributed by atoms with E-state index in [1.807, 2.05) is 18.2 Å². The fourth-order valence-electron chi connectivity index (χ4n) is 5.43. The van der Waals surface area contributed by atoms with E-state index >= 15 is 4.39 Å². The summed E-state index contributed by atoms with van der Waals surface area (Å²) in [6.45, 7) is 6.51. The zero-order chi connectivity index (χ0) is 23.6. The molecule has 0 aliphatic carbocycles. The van der Waals surface area contributed by atoms with E-state index in [0.29, 0.717) is 5.52 Å². The molecular weight excluding hydrogens is 419 g/mol. The summed E-state index contributed by atoms with van der Waals surface area (Å²) in [7, 11) is 2.10. The normalized spacial score (nSPS) is 11.7. The van der Waals surface area contributed by atoms with E-state index in [4.69, 9.17) is 0 Å². The molecule has 0 fully saturated rings. The molecule has 6 rings (SSSR count). The van der Waals surface area contributed by atoms with Crippen LogP contribution in [0.15, 0.2) is 85.1 Å². The molecule has 6 aromatic rings.